The van der Waals surface area contributed by atoms with Crippen molar-refractivity contribution < 1.29 is 0 Å². The van der Waals surface area contributed by atoms with Crippen LogP contribution in [0.5, 0.6) is 0 Å². The van der Waals surface area contributed by atoms with Crippen molar-refractivity contribution in [2.45, 2.75) is 71.8 Å². The lowest BCUT2D eigenvalue weighted by molar-refractivity contribution is 0.187. The third-order valence-electron chi connectivity index (χ3n) is 4.75. The molecule has 0 heterocycles. The van der Waals surface area contributed by atoms with E-state index in [1.165, 1.54) is 51.5 Å². The summed E-state index contributed by atoms with van der Waals surface area (Å²) >= 11 is 0. The summed E-state index contributed by atoms with van der Waals surface area (Å²) in [5, 5.41) is 0. The first-order chi connectivity index (χ1) is 8.45. The predicted molar refractivity (Wildman–Crippen MR) is 80.7 cm³/mol. The maximum absolute atomic E-state index is 5.75. The van der Waals surface area contributed by atoms with Crippen molar-refractivity contribution in [2.24, 2.45) is 17.1 Å². The molecule has 1 fully saturated rings. The van der Waals surface area contributed by atoms with Crippen molar-refractivity contribution in [2.75, 3.05) is 20.1 Å². The highest BCUT2D eigenvalue weighted by Crippen LogP contribution is 2.32. The van der Waals surface area contributed by atoms with Gasteiger partial charge in [-0.15, -0.1) is 0 Å². The van der Waals surface area contributed by atoms with E-state index >= 15 is 0 Å². The van der Waals surface area contributed by atoms with Crippen LogP contribution < -0.4 is 5.73 Å². The molecular weight excluding hydrogens is 220 g/mol. The molecule has 1 atom stereocenters. The van der Waals surface area contributed by atoms with Crippen LogP contribution in [0.15, 0.2) is 0 Å². The molecule has 0 aromatic carbocycles. The molecule has 0 aliphatic heterocycles. The van der Waals surface area contributed by atoms with Gasteiger partial charge < -0.3 is 10.6 Å². The molecule has 2 nitrogen and oxygen atoms in total. The van der Waals surface area contributed by atoms with Crippen molar-refractivity contribution >= 4 is 0 Å². The van der Waals surface area contributed by atoms with E-state index in [4.69, 9.17) is 5.73 Å². The van der Waals surface area contributed by atoms with Gasteiger partial charge in [-0.05, 0) is 63.6 Å². The van der Waals surface area contributed by atoms with Crippen LogP contribution in [0.25, 0.3) is 0 Å². The molecule has 0 aromatic heterocycles. The minimum atomic E-state index is 0.408. The number of hydrogen-bond acceptors (Lipinski definition) is 2. The van der Waals surface area contributed by atoms with Gasteiger partial charge in [-0.2, -0.15) is 0 Å². The zero-order valence-electron chi connectivity index (χ0n) is 13.0. The summed E-state index contributed by atoms with van der Waals surface area (Å²) in [6.07, 6.45) is 9.55. The minimum absolute atomic E-state index is 0.408. The Kier molecular flexibility index (Phi) is 6.65. The lowest BCUT2D eigenvalue weighted by Gasteiger charge is -2.32. The van der Waals surface area contributed by atoms with Gasteiger partial charge in [0, 0.05) is 6.04 Å². The van der Waals surface area contributed by atoms with Crippen LogP contribution in [0.3, 0.4) is 0 Å². The van der Waals surface area contributed by atoms with Gasteiger partial charge in [0.25, 0.3) is 0 Å². The van der Waals surface area contributed by atoms with E-state index in [9.17, 15) is 0 Å². The first kappa shape index (κ1) is 16.0. The van der Waals surface area contributed by atoms with Gasteiger partial charge >= 0.3 is 0 Å². The van der Waals surface area contributed by atoms with E-state index in [-0.39, 0.29) is 0 Å². The molecule has 0 radical (unpaired) electrons. The molecule has 1 aliphatic carbocycles. The van der Waals surface area contributed by atoms with Crippen LogP contribution in [-0.4, -0.2) is 31.1 Å². The van der Waals surface area contributed by atoms with Crippen LogP contribution in [0.2, 0.25) is 0 Å². The average molecular weight is 254 g/mol. The maximum atomic E-state index is 5.75. The highest BCUT2D eigenvalue weighted by Gasteiger charge is 2.24. The number of nitrogens with zero attached hydrogens (tertiary/aromatic N) is 1. The van der Waals surface area contributed by atoms with E-state index in [1.54, 1.807) is 0 Å². The van der Waals surface area contributed by atoms with Crippen LogP contribution in [-0.2, 0) is 0 Å². The van der Waals surface area contributed by atoms with Crippen LogP contribution in [0.1, 0.15) is 65.7 Å². The molecule has 2 heteroatoms. The lowest BCUT2D eigenvalue weighted by atomic mass is 9.76. The fourth-order valence-electron chi connectivity index (χ4n) is 3.33. The zero-order valence-corrected chi connectivity index (χ0v) is 13.0. The second-order valence-corrected chi connectivity index (χ2v) is 7.20. The molecule has 0 bridgehead atoms. The fourth-order valence-corrected chi connectivity index (χ4v) is 3.33. The second kappa shape index (κ2) is 7.49. The Bertz CT molecular complexity index is 214. The van der Waals surface area contributed by atoms with E-state index in [2.05, 4.69) is 32.7 Å². The summed E-state index contributed by atoms with van der Waals surface area (Å²) in [6, 6.07) is 0.868. The number of hydrogen-bond donors (Lipinski definition) is 1. The van der Waals surface area contributed by atoms with Crippen molar-refractivity contribution in [3.8, 4) is 0 Å². The molecule has 0 saturated heterocycles. The van der Waals surface area contributed by atoms with E-state index in [0.29, 0.717) is 5.41 Å². The largest absolute Gasteiger partial charge is 0.330 e. The zero-order chi connectivity index (χ0) is 13.6. The summed E-state index contributed by atoms with van der Waals surface area (Å²) in [5.74, 6) is 0.777. The fraction of sp³-hybridized carbons (Fsp3) is 1.00. The highest BCUT2D eigenvalue weighted by atomic mass is 15.1. The third-order valence-corrected chi connectivity index (χ3v) is 4.75. The van der Waals surface area contributed by atoms with Gasteiger partial charge in [0.1, 0.15) is 0 Å². The summed E-state index contributed by atoms with van der Waals surface area (Å²) in [7, 11) is 2.31. The summed E-state index contributed by atoms with van der Waals surface area (Å²) in [4.78, 5) is 2.59. The molecule has 0 amide bonds. The molecule has 1 aliphatic rings. The van der Waals surface area contributed by atoms with Gasteiger partial charge in [-0.25, -0.2) is 0 Å². The van der Waals surface area contributed by atoms with Gasteiger partial charge in [-0.1, -0.05) is 33.6 Å². The van der Waals surface area contributed by atoms with Gasteiger partial charge in [0.05, 0.1) is 0 Å². The average Bonchev–Trinajstić information content (AvgIpc) is 2.79. The van der Waals surface area contributed by atoms with E-state index in [1.807, 2.05) is 0 Å². The minimum Gasteiger partial charge on any atom is -0.330 e. The van der Waals surface area contributed by atoms with Crippen LogP contribution in [0, 0.1) is 11.3 Å². The normalized spacial score (nSPS) is 19.7. The predicted octanol–water partition coefficient (Wildman–Crippen LogP) is 3.65. The van der Waals surface area contributed by atoms with E-state index in [0.717, 1.165) is 18.5 Å². The number of rotatable bonds is 7. The highest BCUT2D eigenvalue weighted by molar-refractivity contribution is 4.77. The Balaban J connectivity index is 2.25. The first-order valence-corrected chi connectivity index (χ1v) is 7.85. The van der Waals surface area contributed by atoms with Gasteiger partial charge in [0.2, 0.25) is 0 Å². The summed E-state index contributed by atoms with van der Waals surface area (Å²) < 4.78 is 0. The molecule has 18 heavy (non-hydrogen) atoms. The molecule has 1 unspecified atom stereocenters. The standard InChI is InChI=1S/C16H34N2/c1-16(2,3)14(11-12-17)8-7-13-18(4)15-9-5-6-10-15/h14-15H,5-13,17H2,1-4H3. The Hall–Kier alpha value is -0.0800. The van der Waals surface area contributed by atoms with Gasteiger partial charge in [-0.3, -0.25) is 0 Å². The molecule has 1 saturated carbocycles. The molecule has 108 valence electrons. The molecule has 0 spiro atoms. The monoisotopic (exact) mass is 254 g/mol. The Morgan fingerprint density at radius 2 is 1.78 bits per heavy atom. The van der Waals surface area contributed by atoms with Crippen LogP contribution in [0.4, 0.5) is 0 Å². The van der Waals surface area contributed by atoms with E-state index < -0.39 is 0 Å². The Morgan fingerprint density at radius 3 is 2.28 bits per heavy atom. The quantitative estimate of drug-likeness (QED) is 0.751. The number of nitrogens with two attached hydrogens (primary N) is 1. The third kappa shape index (κ3) is 5.27. The Labute approximate surface area is 114 Å². The summed E-state index contributed by atoms with van der Waals surface area (Å²) in [5.41, 5.74) is 6.15. The lowest BCUT2D eigenvalue weighted by Crippen LogP contribution is -2.31. The smallest absolute Gasteiger partial charge is 0.00922 e. The van der Waals surface area contributed by atoms with Crippen molar-refractivity contribution in [1.29, 1.82) is 0 Å². The van der Waals surface area contributed by atoms with Crippen molar-refractivity contribution in [1.82, 2.24) is 4.90 Å². The molecule has 1 rings (SSSR count). The SMILES string of the molecule is CN(CCCC(CCN)C(C)(C)C)C1CCCC1. The molecule has 2 N–H and O–H groups in total. The van der Waals surface area contributed by atoms with Crippen LogP contribution >= 0.6 is 0 Å². The van der Waals surface area contributed by atoms with Crippen molar-refractivity contribution in [3.63, 3.8) is 0 Å². The Morgan fingerprint density at radius 1 is 1.17 bits per heavy atom. The topological polar surface area (TPSA) is 29.3 Å². The molecule has 0 aromatic rings. The second-order valence-electron chi connectivity index (χ2n) is 7.20. The first-order valence-electron chi connectivity index (χ1n) is 7.85. The maximum Gasteiger partial charge on any atom is 0.00922 e. The van der Waals surface area contributed by atoms with Gasteiger partial charge in [0.15, 0.2) is 0 Å². The molecular formula is C16H34N2. The summed E-state index contributed by atoms with van der Waals surface area (Å²) in [6.45, 7) is 9.16. The van der Waals surface area contributed by atoms with Crippen molar-refractivity contribution in [3.05, 3.63) is 0 Å².